The first kappa shape index (κ1) is 17.1. The summed E-state index contributed by atoms with van der Waals surface area (Å²) >= 11 is 0. The average Bonchev–Trinajstić information content (AvgIpc) is 3.11. The van der Waals surface area contributed by atoms with Crippen molar-refractivity contribution in [2.24, 2.45) is 0 Å². The van der Waals surface area contributed by atoms with Gasteiger partial charge in [-0.3, -0.25) is 18.7 Å². The van der Waals surface area contributed by atoms with Crippen molar-refractivity contribution < 1.29 is 14.7 Å². The molecule has 7 nitrogen and oxygen atoms in total. The van der Waals surface area contributed by atoms with E-state index in [1.54, 1.807) is 4.57 Å². The predicted molar refractivity (Wildman–Crippen MR) is 105 cm³/mol. The quantitative estimate of drug-likeness (QED) is 0.628. The van der Waals surface area contributed by atoms with Gasteiger partial charge in [-0.05, 0) is 29.3 Å². The van der Waals surface area contributed by atoms with Crippen LogP contribution in [0.4, 0.5) is 5.69 Å². The maximum Gasteiger partial charge on any atom is 0.329 e. The van der Waals surface area contributed by atoms with E-state index in [4.69, 9.17) is 5.11 Å². The molecule has 1 aliphatic heterocycles. The minimum Gasteiger partial charge on any atom is -0.481 e. The number of amides is 1. The summed E-state index contributed by atoms with van der Waals surface area (Å²) in [7, 11) is 1.95. The lowest BCUT2D eigenvalue weighted by atomic mass is 9.90. The number of aryl methyl sites for hydroxylation is 1. The van der Waals surface area contributed by atoms with Gasteiger partial charge in [-0.25, -0.2) is 4.79 Å². The van der Waals surface area contributed by atoms with Crippen molar-refractivity contribution in [1.29, 1.82) is 0 Å². The fraction of sp³-hybridized carbons (Fsp3) is 0.211. The van der Waals surface area contributed by atoms with Crippen LogP contribution in [0.2, 0.25) is 0 Å². The highest BCUT2D eigenvalue weighted by molar-refractivity contribution is 6.33. The van der Waals surface area contributed by atoms with Crippen LogP contribution in [-0.4, -0.2) is 34.0 Å². The number of imidazole rings is 1. The van der Waals surface area contributed by atoms with Crippen LogP contribution < -0.4 is 16.5 Å². The van der Waals surface area contributed by atoms with Crippen LogP contribution in [0.1, 0.15) is 17.5 Å². The van der Waals surface area contributed by atoms with E-state index in [2.05, 4.69) is 5.32 Å². The number of fused-ring (bicyclic) bond motifs is 2. The first-order valence-electron chi connectivity index (χ1n) is 8.76. The van der Waals surface area contributed by atoms with Crippen molar-refractivity contribution in [2.75, 3.05) is 5.32 Å². The Hall–Kier alpha value is -3.29. The van der Waals surface area contributed by atoms with Crippen molar-refractivity contribution in [3.63, 3.8) is 0 Å². The molecule has 0 saturated carbocycles. The molecule has 2 N–H and O–H groups in total. The van der Waals surface area contributed by atoms with Gasteiger partial charge in [0.05, 0.1) is 30.4 Å². The first-order valence-corrected chi connectivity index (χ1v) is 8.76. The molecule has 8 heteroatoms. The number of anilines is 1. The molecule has 0 bridgehead atoms. The van der Waals surface area contributed by atoms with E-state index in [1.165, 1.54) is 4.57 Å². The van der Waals surface area contributed by atoms with Crippen LogP contribution in [0.25, 0.3) is 11.0 Å². The Morgan fingerprint density at radius 1 is 1.15 bits per heavy atom. The van der Waals surface area contributed by atoms with Gasteiger partial charge in [0.1, 0.15) is 7.85 Å². The number of carboxylic acid groups (broad SMARTS) is 1. The Labute approximate surface area is 155 Å². The standard InChI is InChI=1S/C19H18BN3O4/c20-12-7-11(13-9-17(24)21-14(13)8-12)10-23-16-4-2-1-3-15(16)22(19(23)27)6-5-18(25)26/h1-4,7-8H,5-6,9-10,20H2,(H,21,24)(H,25,26). The Morgan fingerprint density at radius 3 is 2.56 bits per heavy atom. The predicted octanol–water partition coefficient (Wildman–Crippen LogP) is 0.0790. The summed E-state index contributed by atoms with van der Waals surface area (Å²) in [6.45, 7) is 0.450. The van der Waals surface area contributed by atoms with Crippen molar-refractivity contribution in [2.45, 2.75) is 25.9 Å². The molecule has 136 valence electrons. The number of benzene rings is 2. The number of rotatable bonds is 5. The number of carboxylic acids is 1. The Bertz CT molecular complexity index is 1150. The lowest BCUT2D eigenvalue weighted by Crippen LogP contribution is -2.26. The number of hydrogen-bond donors (Lipinski definition) is 2. The molecular formula is C19H18BN3O4. The summed E-state index contributed by atoms with van der Waals surface area (Å²) in [5, 5.41) is 11.8. The van der Waals surface area contributed by atoms with Gasteiger partial charge >= 0.3 is 11.7 Å². The van der Waals surface area contributed by atoms with Crippen LogP contribution in [0.5, 0.6) is 0 Å². The zero-order valence-electron chi connectivity index (χ0n) is 14.9. The second-order valence-electron chi connectivity index (χ2n) is 6.83. The molecule has 0 radical (unpaired) electrons. The second kappa shape index (κ2) is 6.46. The van der Waals surface area contributed by atoms with Gasteiger partial charge in [-0.15, -0.1) is 0 Å². The molecule has 2 heterocycles. The molecule has 4 rings (SSSR count). The van der Waals surface area contributed by atoms with Crippen molar-refractivity contribution >= 4 is 41.9 Å². The SMILES string of the molecule is Bc1cc(Cn2c(=O)n(CCC(=O)O)c3ccccc32)c2c(c1)NC(=O)C2. The molecule has 1 aromatic heterocycles. The maximum atomic E-state index is 13.0. The first-order chi connectivity index (χ1) is 12.9. The molecule has 27 heavy (non-hydrogen) atoms. The van der Waals surface area contributed by atoms with Gasteiger partial charge in [0, 0.05) is 12.2 Å². The molecule has 1 aliphatic rings. The molecule has 0 unspecified atom stereocenters. The van der Waals surface area contributed by atoms with Gasteiger partial charge in [0.25, 0.3) is 0 Å². The summed E-state index contributed by atoms with van der Waals surface area (Å²) in [5.41, 5.74) is 4.87. The highest BCUT2D eigenvalue weighted by Gasteiger charge is 2.22. The smallest absolute Gasteiger partial charge is 0.329 e. The topological polar surface area (TPSA) is 93.3 Å². The Kier molecular flexibility index (Phi) is 4.10. The fourth-order valence-corrected chi connectivity index (χ4v) is 3.73. The van der Waals surface area contributed by atoms with E-state index in [9.17, 15) is 14.4 Å². The van der Waals surface area contributed by atoms with E-state index in [1.807, 2.05) is 44.2 Å². The van der Waals surface area contributed by atoms with Crippen molar-refractivity contribution in [1.82, 2.24) is 9.13 Å². The van der Waals surface area contributed by atoms with Gasteiger partial charge in [0.2, 0.25) is 5.91 Å². The summed E-state index contributed by atoms with van der Waals surface area (Å²) in [5.74, 6) is -0.993. The zero-order chi connectivity index (χ0) is 19.1. The Balaban J connectivity index is 1.82. The highest BCUT2D eigenvalue weighted by Crippen LogP contribution is 2.26. The molecule has 1 amide bonds. The normalized spacial score (nSPS) is 13.0. The van der Waals surface area contributed by atoms with Gasteiger partial charge in [-0.2, -0.15) is 0 Å². The van der Waals surface area contributed by atoms with Crippen LogP contribution in [0.3, 0.4) is 0 Å². The minimum absolute atomic E-state index is 0.0481. The summed E-state index contributed by atoms with van der Waals surface area (Å²) in [6, 6.07) is 11.3. The number of aromatic nitrogens is 2. The molecule has 0 fully saturated rings. The minimum atomic E-state index is -0.945. The number of nitrogens with zero attached hydrogens (tertiary/aromatic N) is 2. The van der Waals surface area contributed by atoms with Gasteiger partial charge in [0.15, 0.2) is 0 Å². The van der Waals surface area contributed by atoms with E-state index in [-0.39, 0.29) is 24.6 Å². The molecular weight excluding hydrogens is 345 g/mol. The molecule has 3 aromatic rings. The molecule has 2 aromatic carbocycles. The third-order valence-corrected chi connectivity index (χ3v) is 4.90. The van der Waals surface area contributed by atoms with Crippen LogP contribution in [-0.2, 0) is 29.1 Å². The van der Waals surface area contributed by atoms with Crippen molar-refractivity contribution in [3.05, 3.63) is 58.0 Å². The average molecular weight is 363 g/mol. The van der Waals surface area contributed by atoms with E-state index >= 15 is 0 Å². The highest BCUT2D eigenvalue weighted by atomic mass is 16.4. The number of carbonyl (C=O) groups is 2. The van der Waals surface area contributed by atoms with E-state index in [0.29, 0.717) is 18.5 Å². The molecule has 0 spiro atoms. The number of para-hydroxylation sites is 2. The van der Waals surface area contributed by atoms with E-state index in [0.717, 1.165) is 27.8 Å². The third-order valence-electron chi connectivity index (χ3n) is 4.90. The van der Waals surface area contributed by atoms with Crippen LogP contribution in [0, 0.1) is 0 Å². The van der Waals surface area contributed by atoms with Crippen LogP contribution >= 0.6 is 0 Å². The number of nitrogens with one attached hydrogen (secondary N) is 1. The summed E-state index contributed by atoms with van der Waals surface area (Å²) < 4.78 is 3.15. The van der Waals surface area contributed by atoms with Gasteiger partial charge < -0.3 is 10.4 Å². The number of carbonyl (C=O) groups excluding carboxylic acids is 1. The number of hydrogen-bond acceptors (Lipinski definition) is 3. The van der Waals surface area contributed by atoms with Crippen LogP contribution in [0.15, 0.2) is 41.2 Å². The molecule has 0 atom stereocenters. The van der Waals surface area contributed by atoms with E-state index < -0.39 is 5.97 Å². The monoisotopic (exact) mass is 363 g/mol. The summed E-state index contributed by atoms with van der Waals surface area (Å²) in [6.07, 6.45) is 0.184. The largest absolute Gasteiger partial charge is 0.481 e. The fourth-order valence-electron chi connectivity index (χ4n) is 3.73. The zero-order valence-corrected chi connectivity index (χ0v) is 14.9. The maximum absolute atomic E-state index is 13.0. The lowest BCUT2D eigenvalue weighted by molar-refractivity contribution is -0.137. The summed E-state index contributed by atoms with van der Waals surface area (Å²) in [4.78, 5) is 35.8. The third kappa shape index (κ3) is 3.03. The number of aliphatic carboxylic acids is 1. The molecule has 0 saturated heterocycles. The van der Waals surface area contributed by atoms with Gasteiger partial charge in [-0.1, -0.05) is 23.7 Å². The molecule has 0 aliphatic carbocycles. The Morgan fingerprint density at radius 2 is 1.85 bits per heavy atom. The lowest BCUT2D eigenvalue weighted by Gasteiger charge is -2.10. The second-order valence-corrected chi connectivity index (χ2v) is 6.83. The van der Waals surface area contributed by atoms with Crippen molar-refractivity contribution in [3.8, 4) is 0 Å².